The minimum absolute atomic E-state index is 0.0272. The lowest BCUT2D eigenvalue weighted by molar-refractivity contribution is -0.118. The molecule has 0 saturated carbocycles. The van der Waals surface area contributed by atoms with E-state index in [9.17, 15) is 9.90 Å². The summed E-state index contributed by atoms with van der Waals surface area (Å²) in [6.07, 6.45) is 2.95. The quantitative estimate of drug-likeness (QED) is 0.547. The van der Waals surface area contributed by atoms with E-state index >= 15 is 0 Å². The number of hydrogen-bond donors (Lipinski definition) is 2. The Kier molecular flexibility index (Phi) is 8.15. The molecule has 2 heterocycles. The van der Waals surface area contributed by atoms with Crippen LogP contribution in [0.1, 0.15) is 58.1 Å². The summed E-state index contributed by atoms with van der Waals surface area (Å²) in [4.78, 5) is 17.4. The molecule has 176 valence electrons. The van der Waals surface area contributed by atoms with E-state index in [1.54, 1.807) is 0 Å². The van der Waals surface area contributed by atoms with Gasteiger partial charge in [0.25, 0.3) is 5.91 Å². The van der Waals surface area contributed by atoms with Crippen molar-refractivity contribution in [2.45, 2.75) is 59.7 Å². The predicted octanol–water partition coefficient (Wildman–Crippen LogP) is 2.69. The number of allylic oxidation sites excluding steroid dienone is 1. The van der Waals surface area contributed by atoms with E-state index in [1.165, 1.54) is 0 Å². The van der Waals surface area contributed by atoms with Gasteiger partial charge in [-0.25, -0.2) is 5.01 Å². The summed E-state index contributed by atoms with van der Waals surface area (Å²) >= 11 is 0. The molecule has 2 aliphatic heterocycles. The smallest absolute Gasteiger partial charge is 0.276 e. The van der Waals surface area contributed by atoms with Crippen LogP contribution in [0.4, 0.5) is 0 Å². The van der Waals surface area contributed by atoms with Crippen molar-refractivity contribution in [1.29, 1.82) is 0 Å². The topological polar surface area (TPSA) is 80.6 Å². The van der Waals surface area contributed by atoms with Crippen LogP contribution in [0.25, 0.3) is 0 Å². The summed E-state index contributed by atoms with van der Waals surface area (Å²) in [5.41, 5.74) is 3.41. The number of fused-ring (bicyclic) bond motifs is 1. The molecular weight excluding hydrogens is 406 g/mol. The molecule has 2 aliphatic rings. The second-order valence-corrected chi connectivity index (χ2v) is 8.32. The fourth-order valence-corrected chi connectivity index (χ4v) is 4.38. The van der Waals surface area contributed by atoms with Crippen molar-refractivity contribution >= 4 is 11.7 Å². The van der Waals surface area contributed by atoms with E-state index in [0.29, 0.717) is 37.0 Å². The first-order valence-electron chi connectivity index (χ1n) is 11.7. The van der Waals surface area contributed by atoms with Gasteiger partial charge in [-0.05, 0) is 50.9 Å². The Bertz CT molecular complexity index is 876. The molecule has 8 nitrogen and oxygen atoms in total. The van der Waals surface area contributed by atoms with Crippen LogP contribution in [0, 0.1) is 0 Å². The monoisotopic (exact) mass is 443 g/mol. The first-order chi connectivity index (χ1) is 15.4. The normalized spacial score (nSPS) is 18.3. The van der Waals surface area contributed by atoms with Gasteiger partial charge in [-0.15, -0.1) is 0 Å². The number of nitrogens with one attached hydrogen (secondary N) is 1. The van der Waals surface area contributed by atoms with Gasteiger partial charge in [0, 0.05) is 25.8 Å². The van der Waals surface area contributed by atoms with Gasteiger partial charge < -0.3 is 20.1 Å². The second-order valence-electron chi connectivity index (χ2n) is 8.32. The molecule has 1 amide bonds. The Morgan fingerprint density at radius 3 is 2.66 bits per heavy atom. The van der Waals surface area contributed by atoms with Crippen molar-refractivity contribution in [1.82, 2.24) is 20.1 Å². The largest absolute Gasteiger partial charge is 0.493 e. The number of rotatable bonds is 11. The third-order valence-electron chi connectivity index (χ3n) is 5.99. The van der Waals surface area contributed by atoms with Crippen LogP contribution >= 0.6 is 0 Å². The van der Waals surface area contributed by atoms with Crippen molar-refractivity contribution in [3.05, 3.63) is 40.7 Å². The SMILES string of the molecule is CCCC1N(C)C(C)=C2C(=O)NC(c3cc(CN(CCC)CCO)ccc3OCC)=NN21. The molecule has 0 fully saturated rings. The molecule has 0 spiro atoms. The van der Waals surface area contributed by atoms with Crippen molar-refractivity contribution in [2.24, 2.45) is 5.10 Å². The number of ether oxygens (including phenoxy) is 1. The fraction of sp³-hybridized carbons (Fsp3) is 0.583. The highest BCUT2D eigenvalue weighted by molar-refractivity contribution is 6.15. The highest BCUT2D eigenvalue weighted by Crippen LogP contribution is 2.34. The summed E-state index contributed by atoms with van der Waals surface area (Å²) in [6, 6.07) is 6.03. The maximum absolute atomic E-state index is 13.1. The first-order valence-corrected chi connectivity index (χ1v) is 11.7. The number of aliphatic hydroxyl groups is 1. The average molecular weight is 444 g/mol. The van der Waals surface area contributed by atoms with Crippen LogP contribution in [-0.4, -0.2) is 71.2 Å². The number of amides is 1. The molecule has 1 unspecified atom stereocenters. The molecule has 0 aliphatic carbocycles. The lowest BCUT2D eigenvalue weighted by atomic mass is 10.1. The maximum atomic E-state index is 13.1. The first kappa shape index (κ1) is 24.1. The second kappa shape index (κ2) is 10.8. The minimum atomic E-state index is -0.140. The zero-order valence-corrected chi connectivity index (χ0v) is 20.0. The molecule has 1 aromatic carbocycles. The van der Waals surface area contributed by atoms with Crippen LogP contribution in [0.3, 0.4) is 0 Å². The summed E-state index contributed by atoms with van der Waals surface area (Å²) < 4.78 is 5.88. The number of hydrogen-bond acceptors (Lipinski definition) is 7. The molecule has 32 heavy (non-hydrogen) atoms. The summed E-state index contributed by atoms with van der Waals surface area (Å²) in [5.74, 6) is 1.07. The van der Waals surface area contributed by atoms with E-state index in [0.717, 1.165) is 42.6 Å². The number of hydrazone groups is 1. The Morgan fingerprint density at radius 2 is 2.00 bits per heavy atom. The molecule has 0 aromatic heterocycles. The number of amidine groups is 1. The average Bonchev–Trinajstić information content (AvgIpc) is 3.00. The zero-order valence-electron chi connectivity index (χ0n) is 20.0. The van der Waals surface area contributed by atoms with E-state index in [2.05, 4.69) is 29.0 Å². The lowest BCUT2D eigenvalue weighted by Crippen LogP contribution is -2.46. The standard InChI is InChI=1S/C24H37N5O3/c1-6-9-21-27(5)17(4)22-24(31)25-23(26-29(21)22)19-15-18(10-11-20(19)32-8-3)16-28(12-7-2)13-14-30/h10-11,15,21,30H,6-9,12-14,16H2,1-5H3,(H,25,26,31). The highest BCUT2D eigenvalue weighted by Gasteiger charge is 2.40. The molecule has 0 bridgehead atoms. The number of carbonyl (C=O) groups excluding carboxylic acids is 1. The van der Waals surface area contributed by atoms with E-state index in [4.69, 9.17) is 9.84 Å². The van der Waals surface area contributed by atoms with Gasteiger partial charge in [0.1, 0.15) is 17.6 Å². The van der Waals surface area contributed by atoms with Crippen LogP contribution < -0.4 is 10.1 Å². The summed E-state index contributed by atoms with van der Waals surface area (Å²) in [5, 5.41) is 19.1. The summed E-state index contributed by atoms with van der Waals surface area (Å²) in [7, 11) is 2.01. The lowest BCUT2D eigenvalue weighted by Gasteiger charge is -2.31. The molecule has 8 heteroatoms. The van der Waals surface area contributed by atoms with E-state index in [1.807, 2.05) is 44.1 Å². The van der Waals surface area contributed by atoms with Crippen molar-refractivity contribution in [3.8, 4) is 5.75 Å². The molecule has 3 rings (SSSR count). The Morgan fingerprint density at radius 1 is 1.22 bits per heavy atom. The van der Waals surface area contributed by atoms with Crippen molar-refractivity contribution in [2.75, 3.05) is 33.4 Å². The van der Waals surface area contributed by atoms with Crippen LogP contribution in [0.15, 0.2) is 34.7 Å². The van der Waals surface area contributed by atoms with E-state index in [-0.39, 0.29) is 18.7 Å². The van der Waals surface area contributed by atoms with Gasteiger partial charge >= 0.3 is 0 Å². The predicted molar refractivity (Wildman–Crippen MR) is 126 cm³/mol. The number of carbonyl (C=O) groups is 1. The van der Waals surface area contributed by atoms with Crippen molar-refractivity contribution < 1.29 is 14.6 Å². The maximum Gasteiger partial charge on any atom is 0.276 e. The van der Waals surface area contributed by atoms with Crippen LogP contribution in [-0.2, 0) is 11.3 Å². The molecule has 1 atom stereocenters. The highest BCUT2D eigenvalue weighted by atomic mass is 16.5. The zero-order chi connectivity index (χ0) is 23.3. The van der Waals surface area contributed by atoms with Gasteiger partial charge in [0.2, 0.25) is 0 Å². The van der Waals surface area contributed by atoms with Crippen molar-refractivity contribution in [3.63, 3.8) is 0 Å². The Balaban J connectivity index is 1.99. The summed E-state index contributed by atoms with van der Waals surface area (Å²) in [6.45, 7) is 11.1. The van der Waals surface area contributed by atoms with E-state index < -0.39 is 0 Å². The molecule has 0 radical (unpaired) electrons. The fourth-order valence-electron chi connectivity index (χ4n) is 4.38. The molecular formula is C24H37N5O3. The minimum Gasteiger partial charge on any atom is -0.493 e. The third-order valence-corrected chi connectivity index (χ3v) is 5.99. The Labute approximate surface area is 191 Å². The number of nitrogens with zero attached hydrogens (tertiary/aromatic N) is 4. The number of aliphatic hydroxyl groups excluding tert-OH is 1. The Hall–Kier alpha value is -2.58. The number of benzene rings is 1. The van der Waals surface area contributed by atoms with Gasteiger partial charge in [-0.2, -0.15) is 5.10 Å². The van der Waals surface area contributed by atoms with Gasteiger partial charge in [0.15, 0.2) is 5.84 Å². The van der Waals surface area contributed by atoms with Crippen LogP contribution in [0.2, 0.25) is 0 Å². The molecule has 1 aromatic rings. The molecule has 2 N–H and O–H groups in total. The third kappa shape index (κ3) is 4.91. The van der Waals surface area contributed by atoms with Gasteiger partial charge in [0.05, 0.1) is 18.8 Å². The van der Waals surface area contributed by atoms with Gasteiger partial charge in [-0.3, -0.25) is 9.69 Å². The van der Waals surface area contributed by atoms with Crippen LogP contribution in [0.5, 0.6) is 5.75 Å². The molecule has 0 saturated heterocycles. The van der Waals surface area contributed by atoms with Gasteiger partial charge in [-0.1, -0.05) is 26.3 Å².